The second-order valence-corrected chi connectivity index (χ2v) is 6.86. The van der Waals surface area contributed by atoms with Crippen LogP contribution < -0.4 is 0 Å². The van der Waals surface area contributed by atoms with Crippen molar-refractivity contribution in [1.82, 2.24) is 4.31 Å². The molecule has 0 amide bonds. The summed E-state index contributed by atoms with van der Waals surface area (Å²) in [5, 5.41) is 10.1. The largest absolute Gasteiger partial charge is 0.391 e. The van der Waals surface area contributed by atoms with Gasteiger partial charge in [0.05, 0.1) is 17.0 Å². The van der Waals surface area contributed by atoms with E-state index in [4.69, 9.17) is 0 Å². The smallest absolute Gasteiger partial charge is 0.243 e. The lowest BCUT2D eigenvalue weighted by Crippen LogP contribution is -2.49. The quantitative estimate of drug-likeness (QED) is 0.919. The molecule has 0 aromatic heterocycles. The Hall–Kier alpha value is -0.910. The van der Waals surface area contributed by atoms with Crippen molar-refractivity contribution in [2.75, 3.05) is 6.54 Å². The molecule has 2 atom stereocenters. The molecule has 106 valence electrons. The Bertz CT molecular complexity index is 501. The number of rotatable bonds is 4. The normalized spacial score (nSPS) is 23.2. The summed E-state index contributed by atoms with van der Waals surface area (Å²) < 4.78 is 26.8. The minimum Gasteiger partial charge on any atom is -0.391 e. The zero-order chi connectivity index (χ0) is 13.9. The molecule has 4 nitrogen and oxygen atoms in total. The molecule has 5 heteroatoms. The number of piperidine rings is 1. The van der Waals surface area contributed by atoms with Crippen LogP contribution in [0.1, 0.15) is 32.6 Å². The molecule has 0 saturated carbocycles. The van der Waals surface area contributed by atoms with Gasteiger partial charge in [0.15, 0.2) is 0 Å². The van der Waals surface area contributed by atoms with Crippen LogP contribution in [0, 0.1) is 0 Å². The number of benzene rings is 1. The Morgan fingerprint density at radius 2 is 2.00 bits per heavy atom. The number of hydrogen-bond acceptors (Lipinski definition) is 3. The Labute approximate surface area is 115 Å². The summed E-state index contributed by atoms with van der Waals surface area (Å²) in [5.74, 6) is 0. The fourth-order valence-electron chi connectivity index (χ4n) is 2.61. The molecular weight excluding hydrogens is 262 g/mol. The van der Waals surface area contributed by atoms with Gasteiger partial charge in [-0.05, 0) is 31.4 Å². The Kier molecular flexibility index (Phi) is 4.60. The second-order valence-electron chi connectivity index (χ2n) is 4.97. The zero-order valence-corrected chi connectivity index (χ0v) is 12.0. The van der Waals surface area contributed by atoms with E-state index in [-0.39, 0.29) is 6.04 Å². The number of aliphatic hydroxyl groups excluding tert-OH is 1. The first-order valence-corrected chi connectivity index (χ1v) is 8.26. The molecule has 1 aliphatic rings. The van der Waals surface area contributed by atoms with E-state index in [9.17, 15) is 13.5 Å². The van der Waals surface area contributed by atoms with E-state index in [1.807, 2.05) is 6.92 Å². The molecule has 1 saturated heterocycles. The highest BCUT2D eigenvalue weighted by atomic mass is 32.2. The molecule has 1 aromatic rings. The molecule has 19 heavy (non-hydrogen) atoms. The van der Waals surface area contributed by atoms with Gasteiger partial charge >= 0.3 is 0 Å². The predicted octanol–water partition coefficient (Wildman–Crippen LogP) is 2.00. The van der Waals surface area contributed by atoms with Gasteiger partial charge in [-0.25, -0.2) is 8.42 Å². The molecule has 1 aromatic carbocycles. The molecule has 1 heterocycles. The summed E-state index contributed by atoms with van der Waals surface area (Å²) in [5.41, 5.74) is 0. The lowest BCUT2D eigenvalue weighted by molar-refractivity contribution is 0.0667. The standard InChI is InChI=1S/C14H21NO3S/c1-2-14(16)13-10-6-7-11-15(13)19(17,18)12-8-4-3-5-9-12/h3-5,8-9,13-14,16H,2,6-7,10-11H2,1H3. The maximum Gasteiger partial charge on any atom is 0.243 e. The predicted molar refractivity (Wildman–Crippen MR) is 74.3 cm³/mol. The third kappa shape index (κ3) is 2.99. The molecule has 0 radical (unpaired) electrons. The van der Waals surface area contributed by atoms with Crippen molar-refractivity contribution in [2.24, 2.45) is 0 Å². The Morgan fingerprint density at radius 1 is 1.32 bits per heavy atom. The summed E-state index contributed by atoms with van der Waals surface area (Å²) in [7, 11) is -3.49. The SMILES string of the molecule is CCC(O)C1CCCCN1S(=O)(=O)c1ccccc1. The summed E-state index contributed by atoms with van der Waals surface area (Å²) in [6.07, 6.45) is 2.56. The molecule has 2 rings (SSSR count). The van der Waals surface area contributed by atoms with Crippen molar-refractivity contribution in [3.05, 3.63) is 30.3 Å². The lowest BCUT2D eigenvalue weighted by atomic mass is 9.98. The van der Waals surface area contributed by atoms with Gasteiger partial charge < -0.3 is 5.11 Å². The topological polar surface area (TPSA) is 57.6 Å². The molecule has 1 aliphatic heterocycles. The van der Waals surface area contributed by atoms with E-state index in [1.54, 1.807) is 30.3 Å². The summed E-state index contributed by atoms with van der Waals surface area (Å²) in [6, 6.07) is 8.18. The molecule has 2 unspecified atom stereocenters. The van der Waals surface area contributed by atoms with Gasteiger partial charge in [0.1, 0.15) is 0 Å². The molecule has 1 N–H and O–H groups in total. The number of sulfonamides is 1. The maximum absolute atomic E-state index is 12.6. The summed E-state index contributed by atoms with van der Waals surface area (Å²) in [6.45, 7) is 2.38. The average Bonchev–Trinajstić information content (AvgIpc) is 2.47. The van der Waals surface area contributed by atoms with E-state index >= 15 is 0 Å². The van der Waals surface area contributed by atoms with Gasteiger partial charge in [0.2, 0.25) is 10.0 Å². The van der Waals surface area contributed by atoms with Crippen molar-refractivity contribution in [1.29, 1.82) is 0 Å². The first kappa shape index (κ1) is 14.5. The Balaban J connectivity index is 2.32. The number of nitrogens with zero attached hydrogens (tertiary/aromatic N) is 1. The highest BCUT2D eigenvalue weighted by Gasteiger charge is 2.36. The Morgan fingerprint density at radius 3 is 2.63 bits per heavy atom. The van der Waals surface area contributed by atoms with Gasteiger partial charge in [0, 0.05) is 6.54 Å². The van der Waals surface area contributed by atoms with Crippen LogP contribution in [0.15, 0.2) is 35.2 Å². The van der Waals surface area contributed by atoms with Gasteiger partial charge in [-0.3, -0.25) is 0 Å². The fourth-order valence-corrected chi connectivity index (χ4v) is 4.36. The number of aliphatic hydroxyl groups is 1. The average molecular weight is 283 g/mol. The number of hydrogen-bond donors (Lipinski definition) is 1. The van der Waals surface area contributed by atoms with Gasteiger partial charge in [-0.1, -0.05) is 31.5 Å². The molecule has 0 aliphatic carbocycles. The van der Waals surface area contributed by atoms with Crippen LogP contribution in [0.2, 0.25) is 0 Å². The van der Waals surface area contributed by atoms with Gasteiger partial charge in [-0.15, -0.1) is 0 Å². The van der Waals surface area contributed by atoms with Crippen molar-refractivity contribution in [3.8, 4) is 0 Å². The molecular formula is C14H21NO3S. The van der Waals surface area contributed by atoms with Crippen molar-refractivity contribution < 1.29 is 13.5 Å². The monoisotopic (exact) mass is 283 g/mol. The van der Waals surface area contributed by atoms with Crippen LogP contribution in [0.5, 0.6) is 0 Å². The highest BCUT2D eigenvalue weighted by Crippen LogP contribution is 2.27. The summed E-state index contributed by atoms with van der Waals surface area (Å²) in [4.78, 5) is 0.310. The molecule has 0 bridgehead atoms. The van der Waals surface area contributed by atoms with E-state index in [0.29, 0.717) is 17.9 Å². The minimum absolute atomic E-state index is 0.288. The van der Waals surface area contributed by atoms with Crippen molar-refractivity contribution in [3.63, 3.8) is 0 Å². The van der Waals surface area contributed by atoms with E-state index in [2.05, 4.69) is 0 Å². The van der Waals surface area contributed by atoms with Crippen LogP contribution in [0.3, 0.4) is 0 Å². The van der Waals surface area contributed by atoms with Crippen LogP contribution in [-0.2, 0) is 10.0 Å². The maximum atomic E-state index is 12.6. The van der Waals surface area contributed by atoms with Crippen LogP contribution >= 0.6 is 0 Å². The third-order valence-corrected chi connectivity index (χ3v) is 5.65. The minimum atomic E-state index is -3.49. The fraction of sp³-hybridized carbons (Fsp3) is 0.571. The van der Waals surface area contributed by atoms with Crippen LogP contribution in [0.4, 0.5) is 0 Å². The first-order chi connectivity index (χ1) is 9.07. The van der Waals surface area contributed by atoms with Crippen LogP contribution in [-0.4, -0.2) is 36.5 Å². The van der Waals surface area contributed by atoms with E-state index in [1.165, 1.54) is 4.31 Å². The van der Waals surface area contributed by atoms with Crippen LogP contribution in [0.25, 0.3) is 0 Å². The van der Waals surface area contributed by atoms with E-state index in [0.717, 1.165) is 19.3 Å². The first-order valence-electron chi connectivity index (χ1n) is 6.82. The molecule has 1 fully saturated rings. The zero-order valence-electron chi connectivity index (χ0n) is 11.2. The van der Waals surface area contributed by atoms with Crippen molar-refractivity contribution in [2.45, 2.75) is 49.6 Å². The van der Waals surface area contributed by atoms with Gasteiger partial charge in [0.25, 0.3) is 0 Å². The van der Waals surface area contributed by atoms with Gasteiger partial charge in [-0.2, -0.15) is 4.31 Å². The highest BCUT2D eigenvalue weighted by molar-refractivity contribution is 7.89. The van der Waals surface area contributed by atoms with E-state index < -0.39 is 16.1 Å². The lowest BCUT2D eigenvalue weighted by Gasteiger charge is -2.37. The second kappa shape index (κ2) is 6.03. The third-order valence-electron chi connectivity index (χ3n) is 3.71. The van der Waals surface area contributed by atoms with Crippen molar-refractivity contribution >= 4 is 10.0 Å². The summed E-state index contributed by atoms with van der Waals surface area (Å²) >= 11 is 0. The molecule has 0 spiro atoms.